The second kappa shape index (κ2) is 4.45. The molecule has 0 N–H and O–H groups in total. The van der Waals surface area contributed by atoms with Crippen LogP contribution in [0.5, 0.6) is 0 Å². The van der Waals surface area contributed by atoms with E-state index < -0.39 is 0 Å². The van der Waals surface area contributed by atoms with Gasteiger partial charge in [0, 0.05) is 19.3 Å². The van der Waals surface area contributed by atoms with Crippen LogP contribution in [0.15, 0.2) is 12.4 Å². The molecule has 0 bridgehead atoms. The highest BCUT2D eigenvalue weighted by atomic mass is 15.3. The van der Waals surface area contributed by atoms with Gasteiger partial charge in [-0.2, -0.15) is 10.4 Å². The zero-order valence-electron chi connectivity index (χ0n) is 9.06. The number of hydrogen-bond acceptors (Lipinski definition) is 3. The largest absolute Gasteiger partial charge is 0.303 e. The van der Waals surface area contributed by atoms with Crippen molar-refractivity contribution >= 4 is 0 Å². The Kier molecular flexibility index (Phi) is 3.02. The number of likely N-dealkylation sites (tertiary alicyclic amines) is 1. The van der Waals surface area contributed by atoms with Gasteiger partial charge < -0.3 is 4.90 Å². The van der Waals surface area contributed by atoms with Crippen LogP contribution in [-0.2, 0) is 0 Å². The SMILES string of the molecule is CCN1CCC(n2cc(C#N)cn2)CC1. The van der Waals surface area contributed by atoms with E-state index in [9.17, 15) is 0 Å². The number of hydrogen-bond donors (Lipinski definition) is 0. The smallest absolute Gasteiger partial charge is 0.102 e. The van der Waals surface area contributed by atoms with Crippen molar-refractivity contribution in [1.82, 2.24) is 14.7 Å². The molecule has 4 nitrogen and oxygen atoms in total. The number of nitriles is 1. The lowest BCUT2D eigenvalue weighted by atomic mass is 10.1. The van der Waals surface area contributed by atoms with Crippen LogP contribution in [0.2, 0.25) is 0 Å². The molecule has 0 saturated carbocycles. The molecular formula is C11H16N4. The number of piperidine rings is 1. The van der Waals surface area contributed by atoms with Crippen molar-refractivity contribution in [2.75, 3.05) is 19.6 Å². The minimum absolute atomic E-state index is 0.481. The van der Waals surface area contributed by atoms with E-state index in [1.165, 1.54) is 0 Å². The Morgan fingerprint density at radius 1 is 1.53 bits per heavy atom. The van der Waals surface area contributed by atoms with Gasteiger partial charge in [-0.1, -0.05) is 6.92 Å². The van der Waals surface area contributed by atoms with Gasteiger partial charge in [-0.3, -0.25) is 4.68 Å². The first-order valence-corrected chi connectivity index (χ1v) is 5.50. The van der Waals surface area contributed by atoms with Gasteiger partial charge in [0.1, 0.15) is 6.07 Å². The standard InChI is InChI=1S/C11H16N4/c1-2-14-5-3-11(4-6-14)15-9-10(7-12)8-13-15/h8-9,11H,2-6H2,1H3. The lowest BCUT2D eigenvalue weighted by molar-refractivity contribution is 0.187. The monoisotopic (exact) mass is 204 g/mol. The summed E-state index contributed by atoms with van der Waals surface area (Å²) in [7, 11) is 0. The van der Waals surface area contributed by atoms with Gasteiger partial charge in [-0.25, -0.2) is 0 Å². The van der Waals surface area contributed by atoms with Crippen LogP contribution in [-0.4, -0.2) is 34.3 Å². The molecule has 0 radical (unpaired) electrons. The molecule has 0 amide bonds. The molecular weight excluding hydrogens is 188 g/mol. The summed E-state index contributed by atoms with van der Waals surface area (Å²) in [6.07, 6.45) is 5.78. The Balaban J connectivity index is 1.98. The zero-order valence-corrected chi connectivity index (χ0v) is 9.06. The summed E-state index contributed by atoms with van der Waals surface area (Å²) in [6, 6.07) is 2.59. The van der Waals surface area contributed by atoms with Crippen molar-refractivity contribution in [2.45, 2.75) is 25.8 Å². The minimum atomic E-state index is 0.481. The molecule has 15 heavy (non-hydrogen) atoms. The van der Waals surface area contributed by atoms with Crippen LogP contribution in [0.4, 0.5) is 0 Å². The average Bonchev–Trinajstić information content (AvgIpc) is 2.78. The van der Waals surface area contributed by atoms with E-state index in [-0.39, 0.29) is 0 Å². The Morgan fingerprint density at radius 3 is 2.80 bits per heavy atom. The summed E-state index contributed by atoms with van der Waals surface area (Å²) < 4.78 is 1.95. The fourth-order valence-electron chi connectivity index (χ4n) is 2.10. The van der Waals surface area contributed by atoms with E-state index in [1.54, 1.807) is 6.20 Å². The third-order valence-corrected chi connectivity index (χ3v) is 3.11. The van der Waals surface area contributed by atoms with Gasteiger partial charge in [-0.15, -0.1) is 0 Å². The fraction of sp³-hybridized carbons (Fsp3) is 0.636. The third kappa shape index (κ3) is 2.18. The summed E-state index contributed by atoms with van der Waals surface area (Å²) in [5.41, 5.74) is 0.660. The zero-order chi connectivity index (χ0) is 10.7. The quantitative estimate of drug-likeness (QED) is 0.731. The molecule has 1 aliphatic heterocycles. The number of aromatic nitrogens is 2. The highest BCUT2D eigenvalue weighted by molar-refractivity contribution is 5.21. The van der Waals surface area contributed by atoms with Crippen LogP contribution in [0.25, 0.3) is 0 Å². The number of nitrogens with zero attached hydrogens (tertiary/aromatic N) is 4. The van der Waals surface area contributed by atoms with Crippen molar-refractivity contribution in [3.05, 3.63) is 18.0 Å². The van der Waals surface area contributed by atoms with E-state index in [0.717, 1.165) is 32.5 Å². The number of rotatable bonds is 2. The van der Waals surface area contributed by atoms with E-state index in [2.05, 4.69) is 23.0 Å². The first kappa shape index (κ1) is 10.2. The molecule has 1 aromatic heterocycles. The van der Waals surface area contributed by atoms with Gasteiger partial charge >= 0.3 is 0 Å². The summed E-state index contributed by atoms with van der Waals surface area (Å²) in [4.78, 5) is 2.45. The molecule has 2 rings (SSSR count). The normalized spacial score (nSPS) is 18.9. The van der Waals surface area contributed by atoms with Gasteiger partial charge in [0.15, 0.2) is 0 Å². The van der Waals surface area contributed by atoms with Crippen LogP contribution in [0.3, 0.4) is 0 Å². The predicted octanol–water partition coefficient (Wildman–Crippen LogP) is 1.41. The van der Waals surface area contributed by atoms with Gasteiger partial charge in [0.05, 0.1) is 17.8 Å². The molecule has 2 heterocycles. The molecule has 0 aromatic carbocycles. The summed E-state index contributed by atoms with van der Waals surface area (Å²) in [5.74, 6) is 0. The van der Waals surface area contributed by atoms with Crippen molar-refractivity contribution in [3.8, 4) is 6.07 Å². The van der Waals surface area contributed by atoms with Crippen molar-refractivity contribution in [1.29, 1.82) is 5.26 Å². The van der Waals surface area contributed by atoms with Crippen molar-refractivity contribution in [2.24, 2.45) is 0 Å². The molecule has 1 aromatic rings. The van der Waals surface area contributed by atoms with E-state index >= 15 is 0 Å². The lowest BCUT2D eigenvalue weighted by Gasteiger charge is -2.30. The first-order valence-electron chi connectivity index (χ1n) is 5.50. The predicted molar refractivity (Wildman–Crippen MR) is 57.3 cm³/mol. The van der Waals surface area contributed by atoms with E-state index in [0.29, 0.717) is 11.6 Å². The fourth-order valence-corrected chi connectivity index (χ4v) is 2.10. The van der Waals surface area contributed by atoms with E-state index in [1.807, 2.05) is 10.9 Å². The van der Waals surface area contributed by atoms with Gasteiger partial charge in [-0.05, 0) is 19.4 Å². The topological polar surface area (TPSA) is 44.9 Å². The van der Waals surface area contributed by atoms with Gasteiger partial charge in [0.25, 0.3) is 0 Å². The average molecular weight is 204 g/mol. The van der Waals surface area contributed by atoms with Crippen molar-refractivity contribution < 1.29 is 0 Å². The summed E-state index contributed by atoms with van der Waals surface area (Å²) >= 11 is 0. The Bertz CT molecular complexity index is 355. The maximum atomic E-state index is 8.72. The molecule has 0 atom stereocenters. The summed E-state index contributed by atoms with van der Waals surface area (Å²) in [5, 5.41) is 13.0. The molecule has 1 aliphatic rings. The van der Waals surface area contributed by atoms with E-state index in [4.69, 9.17) is 5.26 Å². The van der Waals surface area contributed by atoms with Crippen LogP contribution < -0.4 is 0 Å². The second-order valence-corrected chi connectivity index (χ2v) is 3.99. The molecule has 0 spiro atoms. The van der Waals surface area contributed by atoms with Crippen LogP contribution >= 0.6 is 0 Å². The Hall–Kier alpha value is -1.34. The molecule has 0 unspecified atom stereocenters. The third-order valence-electron chi connectivity index (χ3n) is 3.11. The summed E-state index contributed by atoms with van der Waals surface area (Å²) in [6.45, 7) is 5.61. The molecule has 4 heteroatoms. The minimum Gasteiger partial charge on any atom is -0.303 e. The Labute approximate surface area is 90.1 Å². The maximum Gasteiger partial charge on any atom is 0.102 e. The molecule has 1 fully saturated rings. The molecule has 1 saturated heterocycles. The Morgan fingerprint density at radius 2 is 2.27 bits per heavy atom. The second-order valence-electron chi connectivity index (χ2n) is 3.99. The van der Waals surface area contributed by atoms with Crippen molar-refractivity contribution in [3.63, 3.8) is 0 Å². The highest BCUT2D eigenvalue weighted by Crippen LogP contribution is 2.21. The van der Waals surface area contributed by atoms with Crippen LogP contribution in [0.1, 0.15) is 31.4 Å². The lowest BCUT2D eigenvalue weighted by Crippen LogP contribution is -2.34. The molecule has 80 valence electrons. The molecule has 0 aliphatic carbocycles. The maximum absolute atomic E-state index is 8.72. The van der Waals surface area contributed by atoms with Gasteiger partial charge in [0.2, 0.25) is 0 Å². The van der Waals surface area contributed by atoms with Crippen LogP contribution in [0, 0.1) is 11.3 Å². The first-order chi connectivity index (χ1) is 7.33. The highest BCUT2D eigenvalue weighted by Gasteiger charge is 2.19.